The molecule has 0 saturated carbocycles. The maximum atomic E-state index is 12.8. The van der Waals surface area contributed by atoms with Crippen LogP contribution >= 0.6 is 24.8 Å². The smallest absolute Gasteiger partial charge is 0.356 e. The van der Waals surface area contributed by atoms with Crippen molar-refractivity contribution in [2.24, 2.45) is 0 Å². The molecular weight excluding hydrogens is 403 g/mol. The Bertz CT molecular complexity index is 882. The number of rotatable bonds is 2. The molecule has 1 spiro atoms. The highest BCUT2D eigenvalue weighted by Crippen LogP contribution is 2.39. The van der Waals surface area contributed by atoms with Crippen LogP contribution in [0.4, 0.5) is 0 Å². The minimum Gasteiger partial charge on any atom is -0.486 e. The summed E-state index contributed by atoms with van der Waals surface area (Å²) in [6.07, 6.45) is 3.65. The summed E-state index contributed by atoms with van der Waals surface area (Å²) in [5.41, 5.74) is 2.11. The third-order valence-electron chi connectivity index (χ3n) is 5.09. The fourth-order valence-corrected chi connectivity index (χ4v) is 3.66. The van der Waals surface area contributed by atoms with Crippen LogP contribution in [-0.2, 0) is 4.74 Å². The average Bonchev–Trinajstić information content (AvgIpc) is 2.68. The lowest BCUT2D eigenvalue weighted by atomic mass is 9.82. The zero-order chi connectivity index (χ0) is 18.1. The maximum absolute atomic E-state index is 12.8. The molecule has 6 nitrogen and oxygen atoms in total. The second kappa shape index (κ2) is 8.90. The number of nitrogens with one attached hydrogen (secondary N) is 1. The Kier molecular flexibility index (Phi) is 7.04. The number of esters is 1. The lowest BCUT2D eigenvalue weighted by molar-refractivity contribution is 0.0187. The molecule has 1 N–H and O–H groups in total. The van der Waals surface area contributed by atoms with Gasteiger partial charge < -0.3 is 14.8 Å². The van der Waals surface area contributed by atoms with Gasteiger partial charge in [-0.05, 0) is 48.5 Å². The second-order valence-corrected chi connectivity index (χ2v) is 6.77. The van der Waals surface area contributed by atoms with Gasteiger partial charge in [-0.15, -0.1) is 24.8 Å². The maximum Gasteiger partial charge on any atom is 0.356 e. The number of nitrogens with zero attached hydrogens (tertiary/aromatic N) is 1. The zero-order valence-electron chi connectivity index (χ0n) is 15.4. The van der Waals surface area contributed by atoms with E-state index in [0.29, 0.717) is 17.7 Å². The number of methoxy groups -OCH3 is 1. The van der Waals surface area contributed by atoms with Crippen molar-refractivity contribution in [1.82, 2.24) is 10.3 Å². The molecule has 0 aliphatic carbocycles. The molecule has 0 atom stereocenters. The van der Waals surface area contributed by atoms with Gasteiger partial charge >= 0.3 is 5.97 Å². The van der Waals surface area contributed by atoms with Crippen molar-refractivity contribution in [3.8, 4) is 16.9 Å². The Morgan fingerprint density at radius 1 is 1.14 bits per heavy atom. The van der Waals surface area contributed by atoms with Gasteiger partial charge in [0.05, 0.1) is 19.1 Å². The van der Waals surface area contributed by atoms with Crippen molar-refractivity contribution in [2.75, 3.05) is 20.2 Å². The molecule has 0 radical (unpaired) electrons. The molecule has 1 aromatic carbocycles. The number of hydrogen-bond donors (Lipinski definition) is 1. The number of Topliss-reactive ketones (excluding diaryl/α,β-unsaturated/α-hetero) is 1. The van der Waals surface area contributed by atoms with Crippen molar-refractivity contribution in [3.05, 3.63) is 47.8 Å². The molecule has 0 bridgehead atoms. The van der Waals surface area contributed by atoms with Crippen LogP contribution in [0.5, 0.6) is 5.75 Å². The number of ether oxygens (including phenoxy) is 2. The van der Waals surface area contributed by atoms with E-state index in [1.807, 2.05) is 18.2 Å². The molecule has 1 saturated heterocycles. The van der Waals surface area contributed by atoms with E-state index in [0.717, 1.165) is 37.1 Å². The Balaban J connectivity index is 0.00000140. The first-order valence-corrected chi connectivity index (χ1v) is 8.72. The van der Waals surface area contributed by atoms with E-state index in [4.69, 9.17) is 9.47 Å². The van der Waals surface area contributed by atoms with Gasteiger partial charge in [0.2, 0.25) is 0 Å². The van der Waals surface area contributed by atoms with Gasteiger partial charge in [-0.3, -0.25) is 4.79 Å². The molecule has 0 amide bonds. The second-order valence-electron chi connectivity index (χ2n) is 6.77. The number of halogens is 2. The first kappa shape index (κ1) is 22.1. The van der Waals surface area contributed by atoms with Gasteiger partial charge in [0.15, 0.2) is 5.78 Å². The minimum absolute atomic E-state index is 0. The highest BCUT2D eigenvalue weighted by Gasteiger charge is 2.41. The van der Waals surface area contributed by atoms with E-state index < -0.39 is 5.97 Å². The number of carbonyl (C=O) groups is 2. The third kappa shape index (κ3) is 4.14. The van der Waals surface area contributed by atoms with Crippen LogP contribution in [0.2, 0.25) is 0 Å². The number of hydrogen-bond acceptors (Lipinski definition) is 6. The Labute approximate surface area is 175 Å². The summed E-state index contributed by atoms with van der Waals surface area (Å²) in [4.78, 5) is 28.5. The number of benzene rings is 1. The van der Waals surface area contributed by atoms with Crippen LogP contribution in [0.1, 0.15) is 40.1 Å². The number of ketones is 1. The monoisotopic (exact) mass is 424 g/mol. The Morgan fingerprint density at radius 3 is 2.57 bits per heavy atom. The fourth-order valence-electron chi connectivity index (χ4n) is 3.66. The molecule has 0 unspecified atom stereocenters. The Hall–Kier alpha value is -2.15. The Morgan fingerprint density at radius 2 is 1.86 bits per heavy atom. The highest BCUT2D eigenvalue weighted by molar-refractivity contribution is 6.01. The van der Waals surface area contributed by atoms with Crippen molar-refractivity contribution in [3.63, 3.8) is 0 Å². The van der Waals surface area contributed by atoms with Gasteiger partial charge in [-0.25, -0.2) is 9.78 Å². The van der Waals surface area contributed by atoms with Crippen LogP contribution in [0.25, 0.3) is 11.1 Å². The third-order valence-corrected chi connectivity index (χ3v) is 5.09. The molecule has 2 aliphatic rings. The predicted molar refractivity (Wildman–Crippen MR) is 110 cm³/mol. The summed E-state index contributed by atoms with van der Waals surface area (Å²) in [7, 11) is 1.32. The predicted octanol–water partition coefficient (Wildman–Crippen LogP) is 3.47. The number of aromatic nitrogens is 1. The quantitative estimate of drug-likeness (QED) is 0.743. The number of fused-ring (bicyclic) bond motifs is 1. The van der Waals surface area contributed by atoms with Crippen molar-refractivity contribution >= 4 is 36.6 Å². The summed E-state index contributed by atoms with van der Waals surface area (Å²) in [5.74, 6) is 0.267. The van der Waals surface area contributed by atoms with E-state index >= 15 is 0 Å². The molecule has 3 heterocycles. The summed E-state index contributed by atoms with van der Waals surface area (Å²) < 4.78 is 11.0. The highest BCUT2D eigenvalue weighted by atomic mass is 35.5. The molecule has 150 valence electrons. The topological polar surface area (TPSA) is 77.5 Å². The van der Waals surface area contributed by atoms with Crippen LogP contribution in [0, 0.1) is 0 Å². The molecule has 1 aromatic heterocycles. The van der Waals surface area contributed by atoms with Crippen LogP contribution in [-0.4, -0.2) is 42.5 Å². The first-order chi connectivity index (χ1) is 12.6. The number of piperidine rings is 1. The van der Waals surface area contributed by atoms with Crippen LogP contribution in [0.15, 0.2) is 36.5 Å². The van der Waals surface area contributed by atoms with E-state index in [9.17, 15) is 9.59 Å². The summed E-state index contributed by atoms with van der Waals surface area (Å²) in [6.45, 7) is 1.74. The van der Waals surface area contributed by atoms with Gasteiger partial charge in [0.25, 0.3) is 0 Å². The molecule has 4 rings (SSSR count). The molecule has 1 fully saturated rings. The van der Waals surface area contributed by atoms with E-state index in [1.54, 1.807) is 18.3 Å². The van der Waals surface area contributed by atoms with Crippen molar-refractivity contribution in [2.45, 2.75) is 24.9 Å². The number of carbonyl (C=O) groups excluding carboxylic acids is 2. The van der Waals surface area contributed by atoms with Crippen molar-refractivity contribution in [1.29, 1.82) is 0 Å². The van der Waals surface area contributed by atoms with Crippen LogP contribution in [0.3, 0.4) is 0 Å². The van der Waals surface area contributed by atoms with Gasteiger partial charge in [-0.1, -0.05) is 6.07 Å². The summed E-state index contributed by atoms with van der Waals surface area (Å²) in [5, 5.41) is 3.31. The van der Waals surface area contributed by atoms with Crippen LogP contribution < -0.4 is 10.1 Å². The van der Waals surface area contributed by atoms with E-state index in [1.165, 1.54) is 7.11 Å². The van der Waals surface area contributed by atoms with Gasteiger partial charge in [0, 0.05) is 19.0 Å². The molecule has 8 heteroatoms. The SMILES string of the molecule is COC(=O)c1cc(-c2ccc3c(c2)C(=O)CC2(CCNCC2)O3)ccn1.Cl.Cl. The molecule has 2 aromatic rings. The van der Waals surface area contributed by atoms with Gasteiger partial charge in [0.1, 0.15) is 17.0 Å². The fraction of sp³-hybridized carbons (Fsp3) is 0.350. The standard InChI is InChI=1S/C20H20N2O4.2ClH/c1-25-19(24)16-11-14(4-7-22-16)13-2-3-18-15(10-13)17(23)12-20(26-18)5-8-21-9-6-20;;/h2-4,7,10-11,21H,5-6,8-9,12H2,1H3;2*1H. The summed E-state index contributed by atoms with van der Waals surface area (Å²) >= 11 is 0. The summed E-state index contributed by atoms with van der Waals surface area (Å²) in [6, 6.07) is 9.06. The number of pyridine rings is 1. The minimum atomic E-state index is -0.489. The largest absolute Gasteiger partial charge is 0.486 e. The first-order valence-electron chi connectivity index (χ1n) is 8.72. The normalized spacial score (nSPS) is 16.8. The molecule has 2 aliphatic heterocycles. The van der Waals surface area contributed by atoms with E-state index in [-0.39, 0.29) is 41.9 Å². The lowest BCUT2D eigenvalue weighted by Gasteiger charge is -2.41. The molecular formula is C20H22Cl2N2O4. The van der Waals surface area contributed by atoms with Crippen molar-refractivity contribution < 1.29 is 19.1 Å². The van der Waals surface area contributed by atoms with Gasteiger partial charge in [-0.2, -0.15) is 0 Å². The zero-order valence-corrected chi connectivity index (χ0v) is 17.0. The molecule has 28 heavy (non-hydrogen) atoms. The average molecular weight is 425 g/mol. The van der Waals surface area contributed by atoms with E-state index in [2.05, 4.69) is 10.3 Å². The lowest BCUT2D eigenvalue weighted by Crippen LogP contribution is -2.49.